The zero-order valence-corrected chi connectivity index (χ0v) is 6.15. The Kier molecular flexibility index (Phi) is 5.09. The second-order valence-corrected chi connectivity index (χ2v) is 4.99. The third-order valence-electron chi connectivity index (χ3n) is 0.129. The Balaban J connectivity index is 1.97. The summed E-state index contributed by atoms with van der Waals surface area (Å²) < 4.78 is 0. The fraction of sp³-hybridized carbons (Fsp3) is 1.00. The van der Waals surface area contributed by atoms with Crippen molar-refractivity contribution < 1.29 is 0 Å². The molecule has 0 fully saturated rings. The van der Waals surface area contributed by atoms with E-state index in [0.29, 0.717) is 0 Å². The van der Waals surface area contributed by atoms with Gasteiger partial charge in [0.25, 0.3) is 0 Å². The molecule has 0 bridgehead atoms. The summed E-state index contributed by atoms with van der Waals surface area (Å²) in [4.78, 5) is 0. The van der Waals surface area contributed by atoms with Crippen molar-refractivity contribution in [1.29, 1.82) is 0 Å². The summed E-state index contributed by atoms with van der Waals surface area (Å²) in [6, 6.07) is 0. The Morgan fingerprint density at radius 1 is 2.00 bits per heavy atom. The van der Waals surface area contributed by atoms with Crippen LogP contribution in [0.2, 0.25) is 5.32 Å². The van der Waals surface area contributed by atoms with Gasteiger partial charge in [0.15, 0.2) is 0 Å². The molecule has 0 aliphatic rings. The molecule has 2 heteroatoms. The maximum absolute atomic E-state index is 2.60. The van der Waals surface area contributed by atoms with Crippen LogP contribution in [0.1, 0.15) is 6.92 Å². The normalized spacial score (nSPS) is 7.50. The molecule has 0 saturated carbocycles. The van der Waals surface area contributed by atoms with E-state index in [4.69, 9.17) is 0 Å². The van der Waals surface area contributed by atoms with Gasteiger partial charge in [-0.25, -0.2) is 0 Å². The molecule has 0 aliphatic carbocycles. The van der Waals surface area contributed by atoms with Crippen molar-refractivity contribution in [3.63, 3.8) is 0 Å². The van der Waals surface area contributed by atoms with Crippen molar-refractivity contribution in [1.82, 2.24) is 0 Å². The minimum atomic E-state index is 0.854. The van der Waals surface area contributed by atoms with E-state index in [1.165, 1.54) is 5.32 Å². The third kappa shape index (κ3) is 3.04. The molecule has 0 rings (SSSR count). The molecular weight excluding hydrogens is 182 g/mol. The Hall–Kier alpha value is 1.04. The van der Waals surface area contributed by atoms with E-state index in [2.05, 4.69) is 21.1 Å². The van der Waals surface area contributed by atoms with Gasteiger partial charge in [-0.15, -0.1) is 0 Å². The quantitative estimate of drug-likeness (QED) is 0.506. The van der Waals surface area contributed by atoms with Gasteiger partial charge in [0, 0.05) is 0 Å². The number of hydrogen-bond donors (Lipinski definition) is 0. The molecule has 0 unspecified atom stereocenters. The molecule has 0 atom stereocenters. The first-order chi connectivity index (χ1) is 1.91. The molecule has 0 amide bonds. The Morgan fingerprint density at radius 2 is 2.25 bits per heavy atom. The predicted molar refractivity (Wildman–Crippen MR) is 23.4 cm³/mol. The zero-order chi connectivity index (χ0) is 3.41. The summed E-state index contributed by atoms with van der Waals surface area (Å²) in [5.74, 6) is 0. The molecule has 0 radical (unpaired) electrons. The van der Waals surface area contributed by atoms with Crippen molar-refractivity contribution in [3.05, 3.63) is 0 Å². The summed E-state index contributed by atoms with van der Waals surface area (Å²) in [5, 5.41) is 1.35. The summed E-state index contributed by atoms with van der Waals surface area (Å²) in [7, 11) is 0. The average Bonchev–Trinajstić information content (AvgIpc) is 1.37. The van der Waals surface area contributed by atoms with Gasteiger partial charge in [0.05, 0.1) is 0 Å². The first-order valence-corrected chi connectivity index (χ1v) is 7.14. The van der Waals surface area contributed by atoms with Crippen molar-refractivity contribution >= 4 is 27.3 Å². The SMILES string of the molecule is CC[Se][SeH]. The number of hydrogen-bond acceptors (Lipinski definition) is 0. The molecular formula is C2H6Se2. The van der Waals surface area contributed by atoms with E-state index in [1.54, 1.807) is 0 Å². The van der Waals surface area contributed by atoms with Crippen LogP contribution in [0.25, 0.3) is 0 Å². The molecule has 0 aromatic carbocycles. The summed E-state index contributed by atoms with van der Waals surface area (Å²) in [6.45, 7) is 2.19. The maximum atomic E-state index is 2.60. The molecule has 0 saturated heterocycles. The van der Waals surface area contributed by atoms with Crippen LogP contribution in [0.5, 0.6) is 0 Å². The van der Waals surface area contributed by atoms with E-state index >= 15 is 0 Å². The van der Waals surface area contributed by atoms with Crippen LogP contribution in [0.15, 0.2) is 0 Å². The van der Waals surface area contributed by atoms with Gasteiger partial charge in [-0.2, -0.15) is 0 Å². The van der Waals surface area contributed by atoms with Crippen LogP contribution < -0.4 is 0 Å². The van der Waals surface area contributed by atoms with Crippen molar-refractivity contribution in [3.8, 4) is 0 Å². The second kappa shape index (κ2) is 4.04. The van der Waals surface area contributed by atoms with E-state index in [9.17, 15) is 0 Å². The fourth-order valence-corrected chi connectivity index (χ4v) is 0. The van der Waals surface area contributed by atoms with E-state index in [-0.39, 0.29) is 0 Å². The Labute approximate surface area is 39.9 Å². The summed E-state index contributed by atoms with van der Waals surface area (Å²) in [6.07, 6.45) is 0. The molecule has 4 heavy (non-hydrogen) atoms. The molecule has 26 valence electrons. The van der Waals surface area contributed by atoms with Crippen molar-refractivity contribution in [2.45, 2.75) is 12.2 Å². The fourth-order valence-electron chi connectivity index (χ4n) is 0. The first-order valence-electron chi connectivity index (χ1n) is 1.18. The van der Waals surface area contributed by atoms with Crippen LogP contribution in [0.3, 0.4) is 0 Å². The average molecular weight is 188 g/mol. The molecule has 0 spiro atoms. The molecule has 0 heterocycles. The standard InChI is InChI=1S/C2H6Se2/c1-2-4-3/h3H,2H2,1H3. The van der Waals surface area contributed by atoms with Gasteiger partial charge < -0.3 is 0 Å². The van der Waals surface area contributed by atoms with Gasteiger partial charge in [0.1, 0.15) is 0 Å². The first kappa shape index (κ1) is 5.04. The minimum absolute atomic E-state index is 0.854. The monoisotopic (exact) mass is 190 g/mol. The van der Waals surface area contributed by atoms with Crippen molar-refractivity contribution in [2.75, 3.05) is 0 Å². The van der Waals surface area contributed by atoms with Crippen LogP contribution in [0.4, 0.5) is 0 Å². The second-order valence-electron chi connectivity index (χ2n) is 0.418. The van der Waals surface area contributed by atoms with Crippen LogP contribution >= 0.6 is 0 Å². The molecule has 0 nitrogen and oxygen atoms in total. The molecule has 0 aliphatic heterocycles. The molecule has 0 aromatic heterocycles. The Bertz CT molecular complexity index is 6.00. The van der Waals surface area contributed by atoms with Crippen LogP contribution in [0, 0.1) is 0 Å². The summed E-state index contributed by atoms with van der Waals surface area (Å²) in [5.41, 5.74) is 0. The number of rotatable bonds is 1. The zero-order valence-electron chi connectivity index (χ0n) is 2.56. The summed E-state index contributed by atoms with van der Waals surface area (Å²) >= 11 is 3.45. The van der Waals surface area contributed by atoms with Gasteiger partial charge >= 0.3 is 39.6 Å². The van der Waals surface area contributed by atoms with Crippen molar-refractivity contribution in [2.24, 2.45) is 0 Å². The van der Waals surface area contributed by atoms with Crippen LogP contribution in [-0.4, -0.2) is 27.3 Å². The molecule has 0 aromatic rings. The topological polar surface area (TPSA) is 0 Å². The third-order valence-corrected chi connectivity index (χ3v) is 3.49. The van der Waals surface area contributed by atoms with E-state index in [1.807, 2.05) is 0 Å². The van der Waals surface area contributed by atoms with Gasteiger partial charge in [-0.3, -0.25) is 0 Å². The Morgan fingerprint density at radius 3 is 2.25 bits per heavy atom. The van der Waals surface area contributed by atoms with Gasteiger partial charge in [-0.05, 0) is 0 Å². The van der Waals surface area contributed by atoms with Gasteiger partial charge in [0.2, 0.25) is 0 Å². The van der Waals surface area contributed by atoms with Gasteiger partial charge in [-0.1, -0.05) is 0 Å². The van der Waals surface area contributed by atoms with Crippen LogP contribution in [-0.2, 0) is 0 Å². The molecule has 0 N–H and O–H groups in total. The van der Waals surface area contributed by atoms with E-state index in [0.717, 1.165) is 13.1 Å². The van der Waals surface area contributed by atoms with E-state index < -0.39 is 0 Å². The predicted octanol–water partition coefficient (Wildman–Crippen LogP) is -0.0554.